The van der Waals surface area contributed by atoms with E-state index < -0.39 is 11.4 Å². The summed E-state index contributed by atoms with van der Waals surface area (Å²) >= 11 is 0. The molecule has 3 aromatic rings. The van der Waals surface area contributed by atoms with Gasteiger partial charge in [0.15, 0.2) is 11.5 Å². The van der Waals surface area contributed by atoms with Crippen molar-refractivity contribution in [2.45, 2.75) is 18.3 Å². The van der Waals surface area contributed by atoms with Gasteiger partial charge in [0.05, 0.1) is 32.5 Å². The van der Waals surface area contributed by atoms with E-state index in [1.165, 1.54) is 38.5 Å². The van der Waals surface area contributed by atoms with Gasteiger partial charge in [0.1, 0.15) is 17.0 Å². The van der Waals surface area contributed by atoms with E-state index in [1.54, 1.807) is 42.5 Å². The summed E-state index contributed by atoms with van der Waals surface area (Å²) in [5, 5.41) is 10.5. The van der Waals surface area contributed by atoms with Crippen LogP contribution in [0.25, 0.3) is 0 Å². The molecule has 0 aliphatic carbocycles. The number of esters is 1. The first-order valence-electron chi connectivity index (χ1n) is 12.5. The maximum atomic E-state index is 13.7. The number of halogens is 2. The molecule has 38 heavy (non-hydrogen) atoms. The Hall–Kier alpha value is -3.96. The van der Waals surface area contributed by atoms with E-state index in [0.717, 1.165) is 25.9 Å². The van der Waals surface area contributed by atoms with Crippen molar-refractivity contribution >= 4 is 5.97 Å². The number of carbonyl (C=O) groups is 1. The van der Waals surface area contributed by atoms with Gasteiger partial charge in [-0.15, -0.1) is 0 Å². The molecule has 4 rings (SSSR count). The molecule has 0 saturated carbocycles. The van der Waals surface area contributed by atoms with Crippen LogP contribution in [0, 0.1) is 28.9 Å². The van der Waals surface area contributed by atoms with Gasteiger partial charge in [-0.25, -0.2) is 13.6 Å². The molecule has 0 bridgehead atoms. The van der Waals surface area contributed by atoms with Crippen molar-refractivity contribution in [3.63, 3.8) is 0 Å². The summed E-state index contributed by atoms with van der Waals surface area (Å²) in [6.45, 7) is 2.66. The Morgan fingerprint density at radius 3 is 2.18 bits per heavy atom. The van der Waals surface area contributed by atoms with E-state index in [0.29, 0.717) is 41.3 Å². The van der Waals surface area contributed by atoms with Gasteiger partial charge in [0.2, 0.25) is 0 Å². The van der Waals surface area contributed by atoms with Crippen LogP contribution in [-0.4, -0.2) is 51.3 Å². The number of hydrogen-bond donors (Lipinski definition) is 0. The standard InChI is InChI=1S/C30H30F2N2O4/c1-36-28-18-21(29(35)37-2)4-13-27(28)38-17-3-15-34-16-14-24(19-34)30(20-33,22-5-9-25(31)10-6-22)23-7-11-26(32)12-8-23/h4-13,18,24H,3,14-17,19H2,1-2H3. The SMILES string of the molecule is COC(=O)c1ccc(OCCCN2CCC(C(C#N)(c3ccc(F)cc3)c3ccc(F)cc3)C2)c(OC)c1. The topological polar surface area (TPSA) is 71.8 Å². The molecule has 6 nitrogen and oxygen atoms in total. The minimum atomic E-state index is -1.03. The highest BCUT2D eigenvalue weighted by Crippen LogP contribution is 2.43. The van der Waals surface area contributed by atoms with Crippen LogP contribution in [0.5, 0.6) is 11.5 Å². The van der Waals surface area contributed by atoms with Gasteiger partial charge < -0.3 is 19.1 Å². The van der Waals surface area contributed by atoms with Crippen LogP contribution < -0.4 is 9.47 Å². The van der Waals surface area contributed by atoms with Crippen LogP contribution in [0.3, 0.4) is 0 Å². The average molecular weight is 521 g/mol. The zero-order chi connectivity index (χ0) is 27.1. The molecule has 0 spiro atoms. The van der Waals surface area contributed by atoms with E-state index in [1.807, 2.05) is 0 Å². The first-order valence-corrected chi connectivity index (χ1v) is 12.5. The molecule has 8 heteroatoms. The number of carbonyl (C=O) groups excluding carboxylic acids is 1. The van der Waals surface area contributed by atoms with Crippen LogP contribution in [0.2, 0.25) is 0 Å². The minimum absolute atomic E-state index is 0.0599. The zero-order valence-electron chi connectivity index (χ0n) is 21.5. The van der Waals surface area contributed by atoms with Crippen molar-refractivity contribution in [1.29, 1.82) is 5.26 Å². The predicted octanol–water partition coefficient (Wildman–Crippen LogP) is 5.36. The van der Waals surface area contributed by atoms with E-state index in [9.17, 15) is 18.8 Å². The molecular formula is C30H30F2N2O4. The van der Waals surface area contributed by atoms with E-state index >= 15 is 0 Å². The van der Waals surface area contributed by atoms with Crippen molar-refractivity contribution in [1.82, 2.24) is 4.90 Å². The Bertz CT molecular complexity index is 1240. The fraction of sp³-hybridized carbons (Fsp3) is 0.333. The summed E-state index contributed by atoms with van der Waals surface area (Å²) in [5.41, 5.74) is 0.751. The number of methoxy groups -OCH3 is 2. The Morgan fingerprint density at radius 1 is 1.00 bits per heavy atom. The zero-order valence-corrected chi connectivity index (χ0v) is 21.5. The molecule has 1 fully saturated rings. The number of nitriles is 1. The average Bonchev–Trinajstić information content (AvgIpc) is 3.42. The Labute approximate surface area is 221 Å². The fourth-order valence-electron chi connectivity index (χ4n) is 5.18. The second-order valence-electron chi connectivity index (χ2n) is 9.28. The summed E-state index contributed by atoms with van der Waals surface area (Å²) < 4.78 is 43.4. The molecule has 0 aromatic heterocycles. The maximum absolute atomic E-state index is 13.7. The monoisotopic (exact) mass is 520 g/mol. The summed E-state index contributed by atoms with van der Waals surface area (Å²) in [7, 11) is 2.83. The lowest BCUT2D eigenvalue weighted by atomic mass is 9.66. The molecule has 0 N–H and O–H groups in total. The van der Waals surface area contributed by atoms with Crippen LogP contribution in [-0.2, 0) is 10.2 Å². The summed E-state index contributed by atoms with van der Waals surface area (Å²) in [4.78, 5) is 14.0. The van der Waals surface area contributed by atoms with Crippen molar-refractivity contribution in [2.75, 3.05) is 40.5 Å². The van der Waals surface area contributed by atoms with Gasteiger partial charge in [-0.05, 0) is 78.9 Å². The lowest BCUT2D eigenvalue weighted by Crippen LogP contribution is -2.37. The number of ether oxygens (including phenoxy) is 3. The van der Waals surface area contributed by atoms with Gasteiger partial charge in [-0.3, -0.25) is 0 Å². The second kappa shape index (κ2) is 12.1. The molecule has 0 amide bonds. The van der Waals surface area contributed by atoms with Crippen molar-refractivity contribution < 1.29 is 27.8 Å². The first kappa shape index (κ1) is 27.1. The third kappa shape index (κ3) is 5.63. The van der Waals surface area contributed by atoms with Crippen molar-refractivity contribution in [2.24, 2.45) is 5.92 Å². The lowest BCUT2D eigenvalue weighted by Gasteiger charge is -2.34. The van der Waals surface area contributed by atoms with Gasteiger partial charge >= 0.3 is 5.97 Å². The van der Waals surface area contributed by atoms with Crippen LogP contribution in [0.1, 0.15) is 34.3 Å². The molecule has 1 saturated heterocycles. The first-order chi connectivity index (χ1) is 18.4. The van der Waals surface area contributed by atoms with Crippen molar-refractivity contribution in [3.05, 3.63) is 95.1 Å². The number of rotatable bonds is 10. The molecule has 1 atom stereocenters. The Morgan fingerprint density at radius 2 is 1.63 bits per heavy atom. The normalized spacial score (nSPS) is 15.6. The third-order valence-electron chi connectivity index (χ3n) is 7.12. The van der Waals surface area contributed by atoms with E-state index in [2.05, 4.69) is 11.0 Å². The van der Waals surface area contributed by atoms with Crippen molar-refractivity contribution in [3.8, 4) is 17.6 Å². The number of benzene rings is 3. The minimum Gasteiger partial charge on any atom is -0.493 e. The van der Waals surface area contributed by atoms with Crippen LogP contribution in [0.4, 0.5) is 8.78 Å². The number of hydrogen-bond acceptors (Lipinski definition) is 6. The maximum Gasteiger partial charge on any atom is 0.337 e. The molecule has 1 unspecified atom stereocenters. The number of likely N-dealkylation sites (tertiary alicyclic amines) is 1. The molecule has 0 radical (unpaired) electrons. The quantitative estimate of drug-likeness (QED) is 0.265. The third-order valence-corrected chi connectivity index (χ3v) is 7.12. The van der Waals surface area contributed by atoms with Gasteiger partial charge in [-0.1, -0.05) is 24.3 Å². The fourth-order valence-corrected chi connectivity index (χ4v) is 5.18. The molecule has 198 valence electrons. The predicted molar refractivity (Wildman–Crippen MR) is 138 cm³/mol. The van der Waals surface area contributed by atoms with E-state index in [4.69, 9.17) is 14.2 Å². The molecule has 3 aromatic carbocycles. The van der Waals surface area contributed by atoms with Gasteiger partial charge in [0, 0.05) is 13.1 Å². The second-order valence-corrected chi connectivity index (χ2v) is 9.28. The summed E-state index contributed by atoms with van der Waals surface area (Å²) in [5.74, 6) is -0.265. The number of nitrogens with zero attached hydrogens (tertiary/aromatic N) is 2. The largest absolute Gasteiger partial charge is 0.493 e. The molecule has 1 aliphatic rings. The smallest absolute Gasteiger partial charge is 0.337 e. The molecule has 1 aliphatic heterocycles. The summed E-state index contributed by atoms with van der Waals surface area (Å²) in [6.07, 6.45) is 1.51. The highest BCUT2D eigenvalue weighted by molar-refractivity contribution is 5.90. The van der Waals surface area contributed by atoms with E-state index in [-0.39, 0.29) is 17.6 Å². The highest BCUT2D eigenvalue weighted by atomic mass is 19.1. The van der Waals surface area contributed by atoms with Gasteiger partial charge in [-0.2, -0.15) is 5.26 Å². The van der Waals surface area contributed by atoms with Gasteiger partial charge in [0.25, 0.3) is 0 Å². The summed E-state index contributed by atoms with van der Waals surface area (Å²) in [6, 6.07) is 19.5. The van der Waals surface area contributed by atoms with Crippen LogP contribution in [0.15, 0.2) is 66.7 Å². The molecular weight excluding hydrogens is 490 g/mol. The lowest BCUT2D eigenvalue weighted by molar-refractivity contribution is 0.0600. The van der Waals surface area contributed by atoms with Crippen LogP contribution >= 0.6 is 0 Å². The Balaban J connectivity index is 1.42. The highest BCUT2D eigenvalue weighted by Gasteiger charge is 2.45. The molecule has 1 heterocycles. The Kier molecular flexibility index (Phi) is 8.59.